The van der Waals surface area contributed by atoms with E-state index in [-0.39, 0.29) is 18.7 Å². The van der Waals surface area contributed by atoms with Gasteiger partial charge in [-0.25, -0.2) is 10.3 Å². The molecule has 4 atom stereocenters. The van der Waals surface area contributed by atoms with Crippen LogP contribution in [0.4, 0.5) is 4.79 Å². The van der Waals surface area contributed by atoms with E-state index in [1.54, 1.807) is 0 Å². The number of urea groups is 1. The fourth-order valence-electron chi connectivity index (χ4n) is 3.60. The molecule has 3 rings (SSSR count). The number of piperidine rings is 1. The van der Waals surface area contributed by atoms with Gasteiger partial charge in [0, 0.05) is 12.6 Å². The lowest BCUT2D eigenvalue weighted by Crippen LogP contribution is -2.50. The first-order valence-electron chi connectivity index (χ1n) is 8.22. The summed E-state index contributed by atoms with van der Waals surface area (Å²) in [6, 6.07) is -2.04. The van der Waals surface area contributed by atoms with E-state index in [9.17, 15) is 18.0 Å². The monoisotopic (exact) mass is 378 g/mol. The molecular weight excluding hydrogens is 356 g/mol. The van der Waals surface area contributed by atoms with E-state index in [0.717, 1.165) is 19.3 Å². The van der Waals surface area contributed by atoms with Crippen LogP contribution < -0.4 is 11.2 Å². The average Bonchev–Trinajstić information content (AvgIpc) is 2.76. The number of carbonyl (C=O) groups excluding carboxylic acids is 2. The van der Waals surface area contributed by atoms with Crippen molar-refractivity contribution in [3.8, 4) is 0 Å². The molecule has 4 N–H and O–H groups in total. The summed E-state index contributed by atoms with van der Waals surface area (Å²) in [4.78, 5) is 31.2. The third kappa shape index (κ3) is 4.20. The largest absolute Gasteiger partial charge is 0.418 e. The van der Waals surface area contributed by atoms with E-state index < -0.39 is 34.4 Å². The molecule has 12 heteroatoms. The number of hydroxylamine groups is 3. The van der Waals surface area contributed by atoms with Crippen molar-refractivity contribution < 1.29 is 31.7 Å². The molecule has 2 bridgehead atoms. The zero-order valence-corrected chi connectivity index (χ0v) is 14.4. The lowest BCUT2D eigenvalue weighted by atomic mass is 9.94. The van der Waals surface area contributed by atoms with Crippen molar-refractivity contribution in [3.05, 3.63) is 0 Å². The van der Waals surface area contributed by atoms with Crippen LogP contribution >= 0.6 is 0 Å². The van der Waals surface area contributed by atoms with Gasteiger partial charge in [0.25, 0.3) is 5.91 Å². The summed E-state index contributed by atoms with van der Waals surface area (Å²) in [5.41, 5.74) is 8.27. The van der Waals surface area contributed by atoms with Gasteiger partial charge in [-0.05, 0) is 38.5 Å². The van der Waals surface area contributed by atoms with Gasteiger partial charge in [-0.15, -0.1) is 4.28 Å². The van der Waals surface area contributed by atoms with E-state index in [1.165, 1.54) is 4.90 Å². The summed E-state index contributed by atoms with van der Waals surface area (Å²) in [6.07, 6.45) is 3.87. The molecule has 25 heavy (non-hydrogen) atoms. The predicted octanol–water partition coefficient (Wildman–Crippen LogP) is -0.693. The van der Waals surface area contributed by atoms with Crippen LogP contribution in [0, 0.1) is 0 Å². The first-order valence-corrected chi connectivity index (χ1v) is 9.59. The number of amides is 3. The minimum Gasteiger partial charge on any atom is -0.328 e. The van der Waals surface area contributed by atoms with Crippen LogP contribution in [-0.2, 0) is 24.3 Å². The van der Waals surface area contributed by atoms with Gasteiger partial charge in [-0.2, -0.15) is 13.5 Å². The zero-order valence-electron chi connectivity index (χ0n) is 13.5. The van der Waals surface area contributed by atoms with Gasteiger partial charge in [0.2, 0.25) is 0 Å². The molecule has 1 saturated carbocycles. The predicted molar refractivity (Wildman–Crippen MR) is 82.8 cm³/mol. The summed E-state index contributed by atoms with van der Waals surface area (Å²) in [5.74, 6) is -0.473. The van der Waals surface area contributed by atoms with Crippen molar-refractivity contribution >= 4 is 22.3 Å². The van der Waals surface area contributed by atoms with Gasteiger partial charge < -0.3 is 10.6 Å². The van der Waals surface area contributed by atoms with Crippen molar-refractivity contribution in [2.24, 2.45) is 5.73 Å². The van der Waals surface area contributed by atoms with E-state index in [2.05, 4.69) is 9.76 Å². The minimum absolute atomic E-state index is 0.0531. The molecule has 142 valence electrons. The number of nitrogens with two attached hydrogens (primary N) is 1. The maximum absolute atomic E-state index is 12.4. The quantitative estimate of drug-likeness (QED) is 0.420. The summed E-state index contributed by atoms with van der Waals surface area (Å²) in [6.45, 7) is 0.140. The lowest BCUT2D eigenvalue weighted by molar-refractivity contribution is -0.145. The van der Waals surface area contributed by atoms with Crippen LogP contribution in [0.1, 0.15) is 38.5 Å². The number of fused-ring (bicyclic) bond motifs is 2. The standard InChI is InChI=1S/C13H22N4O7S/c14-8-2-1-3-10(6-8)23-15-12(18)11-5-4-9-7-16(11)13(19)17(9)24-25(20,21)22/h8-11H,1-7,14H2,(H,15,18)(H,20,21,22)/t8?,9?,10?,11-/m0/s1. The van der Waals surface area contributed by atoms with E-state index in [0.29, 0.717) is 24.3 Å². The third-order valence-electron chi connectivity index (χ3n) is 4.79. The van der Waals surface area contributed by atoms with E-state index in [4.69, 9.17) is 15.1 Å². The number of hydrogen-bond donors (Lipinski definition) is 3. The lowest BCUT2D eigenvalue weighted by Gasteiger charge is -2.30. The molecule has 0 radical (unpaired) electrons. The Balaban J connectivity index is 1.57. The highest BCUT2D eigenvalue weighted by Crippen LogP contribution is 2.30. The van der Waals surface area contributed by atoms with Crippen molar-refractivity contribution in [3.63, 3.8) is 0 Å². The molecule has 0 spiro atoms. The normalized spacial score (nSPS) is 32.8. The maximum Gasteiger partial charge on any atom is 0.418 e. The Morgan fingerprint density at radius 2 is 2.04 bits per heavy atom. The number of rotatable bonds is 5. The van der Waals surface area contributed by atoms with Gasteiger partial charge in [0.05, 0.1) is 12.1 Å². The van der Waals surface area contributed by atoms with Crippen molar-refractivity contribution in [2.45, 2.75) is 62.8 Å². The van der Waals surface area contributed by atoms with Gasteiger partial charge in [-0.1, -0.05) is 0 Å². The Morgan fingerprint density at radius 1 is 1.28 bits per heavy atom. The number of nitrogens with one attached hydrogen (secondary N) is 1. The number of carbonyl (C=O) groups is 2. The van der Waals surface area contributed by atoms with Gasteiger partial charge >= 0.3 is 16.4 Å². The SMILES string of the molecule is NC1CCCC(ONC(=O)[C@@H]2CCC3CN2C(=O)N3OS(=O)(=O)O)C1. The highest BCUT2D eigenvalue weighted by Gasteiger charge is 2.49. The second kappa shape index (κ2) is 7.03. The molecule has 0 aromatic heterocycles. The van der Waals surface area contributed by atoms with Crippen LogP contribution in [0.15, 0.2) is 0 Å². The van der Waals surface area contributed by atoms with Crippen LogP contribution in [0.3, 0.4) is 0 Å². The summed E-state index contributed by atoms with van der Waals surface area (Å²) < 4.78 is 34.8. The van der Waals surface area contributed by atoms with Crippen molar-refractivity contribution in [1.29, 1.82) is 0 Å². The van der Waals surface area contributed by atoms with Crippen molar-refractivity contribution in [1.82, 2.24) is 15.4 Å². The summed E-state index contributed by atoms with van der Waals surface area (Å²) >= 11 is 0. The van der Waals surface area contributed by atoms with Crippen molar-refractivity contribution in [2.75, 3.05) is 6.54 Å². The molecule has 2 saturated heterocycles. The molecule has 1 aliphatic carbocycles. The zero-order chi connectivity index (χ0) is 18.2. The molecule has 3 amide bonds. The van der Waals surface area contributed by atoms with Gasteiger partial charge in [0.15, 0.2) is 0 Å². The van der Waals surface area contributed by atoms with Gasteiger partial charge in [0.1, 0.15) is 6.04 Å². The second-order valence-corrected chi connectivity index (χ2v) is 7.65. The third-order valence-corrected chi connectivity index (χ3v) is 5.14. The average molecular weight is 378 g/mol. The molecule has 3 unspecified atom stereocenters. The summed E-state index contributed by atoms with van der Waals surface area (Å²) in [5, 5.41) is 0.601. The number of nitrogens with zero attached hydrogens (tertiary/aromatic N) is 2. The first-order chi connectivity index (χ1) is 11.7. The Kier molecular flexibility index (Phi) is 5.16. The highest BCUT2D eigenvalue weighted by molar-refractivity contribution is 7.80. The topological polar surface area (TPSA) is 151 Å². The Morgan fingerprint density at radius 3 is 2.72 bits per heavy atom. The molecule has 0 aromatic carbocycles. The fraction of sp³-hybridized carbons (Fsp3) is 0.846. The Labute approximate surface area is 145 Å². The second-order valence-electron chi connectivity index (χ2n) is 6.64. The van der Waals surface area contributed by atoms with Crippen LogP contribution in [0.25, 0.3) is 0 Å². The smallest absolute Gasteiger partial charge is 0.328 e. The maximum atomic E-state index is 12.4. The molecule has 0 aromatic rings. The van der Waals surface area contributed by atoms with E-state index >= 15 is 0 Å². The van der Waals surface area contributed by atoms with Gasteiger partial charge in [-0.3, -0.25) is 14.2 Å². The summed E-state index contributed by atoms with van der Waals surface area (Å²) in [7, 11) is -4.81. The molecule has 2 heterocycles. The van der Waals surface area contributed by atoms with Crippen LogP contribution in [-0.4, -0.2) is 65.6 Å². The minimum atomic E-state index is -4.81. The highest BCUT2D eigenvalue weighted by atomic mass is 32.3. The molecule has 3 fully saturated rings. The van der Waals surface area contributed by atoms with Crippen LogP contribution in [0.5, 0.6) is 0 Å². The molecule has 3 aliphatic rings. The molecule has 2 aliphatic heterocycles. The number of hydrogen-bond acceptors (Lipinski definition) is 7. The van der Waals surface area contributed by atoms with E-state index in [1.807, 2.05) is 0 Å². The first kappa shape index (κ1) is 18.3. The fourth-order valence-corrected chi connectivity index (χ4v) is 3.99. The molecule has 11 nitrogen and oxygen atoms in total. The Bertz CT molecular complexity index is 642. The molecular formula is C13H22N4O7S. The Hall–Kier alpha value is -1.47. The van der Waals surface area contributed by atoms with Crippen LogP contribution in [0.2, 0.25) is 0 Å².